The van der Waals surface area contributed by atoms with Gasteiger partial charge in [0.2, 0.25) is 0 Å². The highest BCUT2D eigenvalue weighted by Gasteiger charge is 2.23. The molecule has 1 aromatic carbocycles. The topological polar surface area (TPSA) is 24.5 Å². The predicted molar refractivity (Wildman–Crippen MR) is 74.7 cm³/mol. The van der Waals surface area contributed by atoms with Crippen molar-refractivity contribution in [1.82, 2.24) is 10.2 Å². The molecule has 1 aliphatic rings. The lowest BCUT2D eigenvalue weighted by molar-refractivity contribution is 0.0605. The van der Waals surface area contributed by atoms with Crippen molar-refractivity contribution in [1.29, 1.82) is 0 Å². The molecule has 2 atom stereocenters. The van der Waals surface area contributed by atoms with E-state index in [1.807, 2.05) is 7.05 Å². The van der Waals surface area contributed by atoms with E-state index in [1.165, 1.54) is 5.56 Å². The van der Waals surface area contributed by atoms with Crippen LogP contribution in [0.1, 0.15) is 24.9 Å². The maximum absolute atomic E-state index is 5.74. The summed E-state index contributed by atoms with van der Waals surface area (Å²) in [6, 6.07) is 11.2. The molecule has 100 valence electrons. The summed E-state index contributed by atoms with van der Waals surface area (Å²) in [7, 11) is 2.02. The minimum absolute atomic E-state index is 0.329. The molecular weight excluding hydrogens is 224 g/mol. The number of nitrogens with one attached hydrogen (secondary N) is 1. The average molecular weight is 248 g/mol. The molecule has 0 aliphatic carbocycles. The first-order chi connectivity index (χ1) is 8.81. The van der Waals surface area contributed by atoms with Crippen molar-refractivity contribution in [2.45, 2.75) is 25.5 Å². The molecular formula is C15H24N2O. The second-order valence-electron chi connectivity index (χ2n) is 5.01. The smallest absolute Gasteiger partial charge is 0.0674 e. The molecule has 1 fully saturated rings. The number of hydrogen-bond donors (Lipinski definition) is 1. The van der Waals surface area contributed by atoms with Gasteiger partial charge in [0, 0.05) is 32.3 Å². The Morgan fingerprint density at radius 1 is 1.39 bits per heavy atom. The number of rotatable bonds is 4. The van der Waals surface area contributed by atoms with Crippen molar-refractivity contribution in [2.75, 3.05) is 33.3 Å². The van der Waals surface area contributed by atoms with Crippen LogP contribution in [0.15, 0.2) is 30.3 Å². The van der Waals surface area contributed by atoms with Crippen LogP contribution in [0, 0.1) is 0 Å². The van der Waals surface area contributed by atoms with E-state index < -0.39 is 0 Å². The molecule has 3 heteroatoms. The molecule has 0 radical (unpaired) electrons. The number of likely N-dealkylation sites (N-methyl/N-ethyl adjacent to an activating group) is 1. The zero-order valence-electron chi connectivity index (χ0n) is 11.4. The van der Waals surface area contributed by atoms with Crippen LogP contribution < -0.4 is 5.32 Å². The highest BCUT2D eigenvalue weighted by molar-refractivity contribution is 5.19. The summed E-state index contributed by atoms with van der Waals surface area (Å²) < 4.78 is 5.74. The van der Waals surface area contributed by atoms with Crippen molar-refractivity contribution in [3.63, 3.8) is 0 Å². The summed E-state index contributed by atoms with van der Waals surface area (Å²) in [4.78, 5) is 2.55. The summed E-state index contributed by atoms with van der Waals surface area (Å²) in [6.07, 6.45) is 1.45. The van der Waals surface area contributed by atoms with Gasteiger partial charge in [0.25, 0.3) is 0 Å². The maximum Gasteiger partial charge on any atom is 0.0674 e. The lowest BCUT2D eigenvalue weighted by Gasteiger charge is -2.31. The first-order valence-electron chi connectivity index (χ1n) is 6.86. The fourth-order valence-electron chi connectivity index (χ4n) is 2.64. The monoisotopic (exact) mass is 248 g/mol. The number of nitrogens with zero attached hydrogens (tertiary/aromatic N) is 1. The van der Waals surface area contributed by atoms with Crippen molar-refractivity contribution in [3.8, 4) is 0 Å². The molecule has 0 bridgehead atoms. The third kappa shape index (κ3) is 3.55. The fraction of sp³-hybridized carbons (Fsp3) is 0.600. The van der Waals surface area contributed by atoms with Gasteiger partial charge >= 0.3 is 0 Å². The van der Waals surface area contributed by atoms with Crippen molar-refractivity contribution >= 4 is 0 Å². The first kappa shape index (κ1) is 13.5. The van der Waals surface area contributed by atoms with Crippen LogP contribution in [0.4, 0.5) is 0 Å². The Balaban J connectivity index is 2.13. The van der Waals surface area contributed by atoms with Crippen LogP contribution in [0.2, 0.25) is 0 Å². The highest BCUT2D eigenvalue weighted by atomic mass is 16.5. The Labute approximate surface area is 110 Å². The summed E-state index contributed by atoms with van der Waals surface area (Å²) in [5.41, 5.74) is 1.39. The Morgan fingerprint density at radius 3 is 2.89 bits per heavy atom. The van der Waals surface area contributed by atoms with Gasteiger partial charge in [-0.05, 0) is 26.0 Å². The largest absolute Gasteiger partial charge is 0.377 e. The first-order valence-corrected chi connectivity index (χ1v) is 6.86. The highest BCUT2D eigenvalue weighted by Crippen LogP contribution is 2.22. The molecule has 0 amide bonds. The lowest BCUT2D eigenvalue weighted by Crippen LogP contribution is -2.38. The Morgan fingerprint density at radius 2 is 2.17 bits per heavy atom. The molecule has 1 heterocycles. The zero-order valence-corrected chi connectivity index (χ0v) is 11.4. The van der Waals surface area contributed by atoms with Gasteiger partial charge in [-0.25, -0.2) is 0 Å². The molecule has 2 unspecified atom stereocenters. The molecule has 3 nitrogen and oxygen atoms in total. The second kappa shape index (κ2) is 6.88. The van der Waals surface area contributed by atoms with Gasteiger partial charge in [-0.2, -0.15) is 0 Å². The summed E-state index contributed by atoms with van der Waals surface area (Å²) >= 11 is 0. The molecule has 1 aliphatic heterocycles. The van der Waals surface area contributed by atoms with Gasteiger partial charge in [-0.15, -0.1) is 0 Å². The van der Waals surface area contributed by atoms with E-state index in [0.29, 0.717) is 12.1 Å². The van der Waals surface area contributed by atoms with Crippen LogP contribution in [-0.2, 0) is 4.74 Å². The maximum atomic E-state index is 5.74. The Bertz CT molecular complexity index is 342. The number of ether oxygens (including phenoxy) is 1. The predicted octanol–water partition coefficient (Wildman–Crippen LogP) is 2.06. The van der Waals surface area contributed by atoms with E-state index in [1.54, 1.807) is 0 Å². The van der Waals surface area contributed by atoms with E-state index in [-0.39, 0.29) is 0 Å². The normalized spacial score (nSPS) is 23.6. The average Bonchev–Trinajstić information content (AvgIpc) is 2.61. The second-order valence-corrected chi connectivity index (χ2v) is 5.01. The molecule has 18 heavy (non-hydrogen) atoms. The quantitative estimate of drug-likeness (QED) is 0.882. The summed E-state index contributed by atoms with van der Waals surface area (Å²) in [6.45, 7) is 6.17. The van der Waals surface area contributed by atoms with Gasteiger partial charge < -0.3 is 10.1 Å². The van der Waals surface area contributed by atoms with Crippen LogP contribution in [0.25, 0.3) is 0 Å². The van der Waals surface area contributed by atoms with Gasteiger partial charge in [0.05, 0.1) is 6.10 Å². The minimum Gasteiger partial charge on any atom is -0.377 e. The third-order valence-corrected chi connectivity index (χ3v) is 3.51. The fourth-order valence-corrected chi connectivity index (χ4v) is 2.64. The van der Waals surface area contributed by atoms with Gasteiger partial charge in [-0.3, -0.25) is 4.90 Å². The molecule has 0 spiro atoms. The molecule has 0 aromatic heterocycles. The van der Waals surface area contributed by atoms with Crippen LogP contribution >= 0.6 is 0 Å². The van der Waals surface area contributed by atoms with E-state index in [9.17, 15) is 0 Å². The van der Waals surface area contributed by atoms with Gasteiger partial charge in [0.1, 0.15) is 0 Å². The van der Waals surface area contributed by atoms with Crippen molar-refractivity contribution < 1.29 is 4.74 Å². The number of hydrogen-bond acceptors (Lipinski definition) is 3. The Kier molecular flexibility index (Phi) is 5.17. The van der Waals surface area contributed by atoms with E-state index in [0.717, 1.165) is 32.7 Å². The third-order valence-electron chi connectivity index (χ3n) is 3.51. The Hall–Kier alpha value is -0.900. The van der Waals surface area contributed by atoms with Crippen molar-refractivity contribution in [2.24, 2.45) is 0 Å². The van der Waals surface area contributed by atoms with Crippen LogP contribution in [-0.4, -0.2) is 44.3 Å². The molecule has 1 aromatic rings. The molecule has 2 rings (SSSR count). The van der Waals surface area contributed by atoms with Gasteiger partial charge in [-0.1, -0.05) is 30.3 Å². The van der Waals surface area contributed by atoms with Crippen LogP contribution in [0.5, 0.6) is 0 Å². The van der Waals surface area contributed by atoms with E-state index in [2.05, 4.69) is 47.5 Å². The molecule has 1 saturated heterocycles. The van der Waals surface area contributed by atoms with E-state index >= 15 is 0 Å². The van der Waals surface area contributed by atoms with E-state index in [4.69, 9.17) is 4.74 Å². The summed E-state index contributed by atoms with van der Waals surface area (Å²) in [5, 5.41) is 3.32. The number of benzene rings is 1. The lowest BCUT2D eigenvalue weighted by atomic mass is 10.0. The molecule has 0 saturated carbocycles. The van der Waals surface area contributed by atoms with Crippen molar-refractivity contribution in [3.05, 3.63) is 35.9 Å². The zero-order chi connectivity index (χ0) is 12.8. The minimum atomic E-state index is 0.329. The molecule has 1 N–H and O–H groups in total. The van der Waals surface area contributed by atoms with Gasteiger partial charge in [0.15, 0.2) is 0 Å². The standard InChI is InChI=1S/C15H24N2O/c1-13-12-17(9-6-10-18-13)15(11-16-2)14-7-4-3-5-8-14/h3-5,7-8,13,15-16H,6,9-12H2,1-2H3. The SMILES string of the molecule is CNCC(c1ccccc1)N1CCCOC(C)C1. The summed E-state index contributed by atoms with van der Waals surface area (Å²) in [5.74, 6) is 0. The van der Waals surface area contributed by atoms with Crippen LogP contribution in [0.3, 0.4) is 0 Å².